The number of carbonyl (C=O) groups is 2. The molecule has 2 amide bonds. The average molecular weight is 441 g/mol. The minimum Gasteiger partial charge on any atom is -0.389 e. The summed E-state index contributed by atoms with van der Waals surface area (Å²) in [5, 5.41) is 16.0. The Bertz CT molecular complexity index is 666. The maximum atomic E-state index is 11.6. The molecule has 0 aromatic heterocycles. The zero-order valence-corrected chi connectivity index (χ0v) is 19.2. The number of aliphatic hydroxyl groups is 1. The summed E-state index contributed by atoms with van der Waals surface area (Å²) in [6, 6.07) is -1.96. The van der Waals surface area contributed by atoms with Gasteiger partial charge in [-0.1, -0.05) is 19.6 Å². The number of carbonyl (C=O) groups excluding carboxylic acids is 2. The van der Waals surface area contributed by atoms with Crippen LogP contribution in [-0.2, 0) is 33.4 Å². The van der Waals surface area contributed by atoms with Crippen molar-refractivity contribution in [2.75, 3.05) is 12.9 Å². The number of nitrogens with one attached hydrogen (secondary N) is 2. The molecule has 3 N–H and O–H groups in total. The molecule has 0 aromatic carbocycles. The maximum Gasteiger partial charge on any atom is 0.264 e. The third-order valence-corrected chi connectivity index (χ3v) is 7.62. The van der Waals surface area contributed by atoms with Crippen LogP contribution in [0.15, 0.2) is 0 Å². The molecule has 0 spiro atoms. The highest BCUT2D eigenvalue weighted by atomic mass is 32.2. The second-order valence-corrected chi connectivity index (χ2v) is 15.3. The van der Waals surface area contributed by atoms with Crippen LogP contribution in [0.4, 0.5) is 0 Å². The van der Waals surface area contributed by atoms with E-state index in [-0.39, 0.29) is 5.73 Å². The molecule has 0 radical (unpaired) electrons. The van der Waals surface area contributed by atoms with Crippen LogP contribution in [0, 0.1) is 0 Å². The molecule has 0 saturated carbocycles. The van der Waals surface area contributed by atoms with Crippen LogP contribution in [0.5, 0.6) is 0 Å². The lowest BCUT2D eigenvalue weighted by Gasteiger charge is -2.46. The molecule has 28 heavy (non-hydrogen) atoms. The summed E-state index contributed by atoms with van der Waals surface area (Å²) in [5.41, 5.74) is -0.185. The van der Waals surface area contributed by atoms with E-state index in [1.54, 1.807) is 0 Å². The van der Waals surface area contributed by atoms with Crippen LogP contribution in [-0.4, -0.2) is 82.6 Å². The van der Waals surface area contributed by atoms with E-state index in [4.69, 9.17) is 13.7 Å². The predicted octanol–water partition coefficient (Wildman–Crippen LogP) is -0.660. The van der Waals surface area contributed by atoms with Crippen molar-refractivity contribution < 1.29 is 36.8 Å². The van der Waals surface area contributed by atoms with Gasteiger partial charge in [0.15, 0.2) is 6.29 Å². The molecule has 1 saturated heterocycles. The molecular formula is C16H32N2O8SSi. The number of hydrogen-bond acceptors (Lipinski definition) is 8. The topological polar surface area (TPSA) is 140 Å². The fourth-order valence-electron chi connectivity index (χ4n) is 2.60. The molecule has 0 aromatic rings. The fraction of sp³-hybridized carbons (Fsp3) is 0.875. The minimum absolute atomic E-state index is 0.185. The first-order chi connectivity index (χ1) is 12.6. The van der Waals surface area contributed by atoms with Crippen molar-refractivity contribution in [3.63, 3.8) is 0 Å². The zero-order chi connectivity index (χ0) is 21.9. The first-order valence-corrected chi connectivity index (χ1v) is 14.4. The summed E-state index contributed by atoms with van der Waals surface area (Å²) in [6.07, 6.45) is -2.44. The van der Waals surface area contributed by atoms with Crippen molar-refractivity contribution in [1.82, 2.24) is 10.6 Å². The third-order valence-electron chi connectivity index (χ3n) is 4.48. The molecular weight excluding hydrogens is 408 g/mol. The van der Waals surface area contributed by atoms with Gasteiger partial charge in [-0.05, 0) is 6.92 Å². The second kappa shape index (κ2) is 9.63. The summed E-state index contributed by atoms with van der Waals surface area (Å²) in [5.74, 6) is -0.859. The minimum atomic E-state index is -3.77. The standard InChI is InChI=1S/C16H32N2O8SSi/c1-9(19)17-13-12(8-24-27(4,22)23)26-16(25-11(3)28(5,6)7)14(15(13)21)18-10(2)20/h11-16,21H,8H2,1-7H3,(H,17,19)(H,18,20)/t11?,12-,13-,14+,15+,16-/m1/s1. The highest BCUT2D eigenvalue weighted by molar-refractivity contribution is 7.85. The first-order valence-electron chi connectivity index (χ1n) is 8.99. The molecule has 164 valence electrons. The van der Waals surface area contributed by atoms with Gasteiger partial charge < -0.3 is 25.2 Å². The molecule has 6 atom stereocenters. The van der Waals surface area contributed by atoms with E-state index in [1.807, 2.05) is 6.92 Å². The summed E-state index contributed by atoms with van der Waals surface area (Å²) in [6.45, 7) is 10.3. The lowest BCUT2D eigenvalue weighted by atomic mass is 9.94. The first kappa shape index (κ1) is 25.0. The predicted molar refractivity (Wildman–Crippen MR) is 105 cm³/mol. The Morgan fingerprint density at radius 1 is 1.14 bits per heavy atom. The van der Waals surface area contributed by atoms with E-state index in [2.05, 4.69) is 30.3 Å². The van der Waals surface area contributed by atoms with Crippen LogP contribution in [0.2, 0.25) is 19.6 Å². The number of aliphatic hydroxyl groups excluding tert-OH is 1. The van der Waals surface area contributed by atoms with Gasteiger partial charge in [0.25, 0.3) is 10.1 Å². The van der Waals surface area contributed by atoms with Gasteiger partial charge in [0.2, 0.25) is 11.8 Å². The monoisotopic (exact) mass is 440 g/mol. The van der Waals surface area contributed by atoms with Crippen molar-refractivity contribution in [2.45, 2.75) is 76.7 Å². The number of rotatable bonds is 8. The van der Waals surface area contributed by atoms with E-state index in [9.17, 15) is 23.1 Å². The van der Waals surface area contributed by atoms with Crippen molar-refractivity contribution in [3.8, 4) is 0 Å². The van der Waals surface area contributed by atoms with E-state index in [1.165, 1.54) is 13.8 Å². The van der Waals surface area contributed by atoms with Crippen molar-refractivity contribution >= 4 is 30.0 Å². The fourth-order valence-corrected chi connectivity index (χ4v) is 3.53. The number of hydrogen-bond donors (Lipinski definition) is 3. The summed E-state index contributed by atoms with van der Waals surface area (Å²) < 4.78 is 39.4. The van der Waals surface area contributed by atoms with Gasteiger partial charge in [0.05, 0.1) is 27.0 Å². The average Bonchev–Trinajstić information content (AvgIpc) is 2.49. The van der Waals surface area contributed by atoms with Gasteiger partial charge in [-0.3, -0.25) is 13.8 Å². The Labute approximate surface area is 167 Å². The van der Waals surface area contributed by atoms with Crippen LogP contribution in [0.3, 0.4) is 0 Å². The van der Waals surface area contributed by atoms with Crippen LogP contribution < -0.4 is 10.6 Å². The smallest absolute Gasteiger partial charge is 0.264 e. The maximum absolute atomic E-state index is 11.6. The molecule has 1 rings (SSSR count). The molecule has 1 heterocycles. The summed E-state index contributed by atoms with van der Waals surface area (Å²) >= 11 is 0. The summed E-state index contributed by atoms with van der Waals surface area (Å²) in [7, 11) is -5.51. The van der Waals surface area contributed by atoms with E-state index >= 15 is 0 Å². The zero-order valence-electron chi connectivity index (χ0n) is 17.4. The van der Waals surface area contributed by atoms with E-state index in [0.717, 1.165) is 6.26 Å². The van der Waals surface area contributed by atoms with Crippen molar-refractivity contribution in [1.29, 1.82) is 0 Å². The molecule has 1 aliphatic rings. The Morgan fingerprint density at radius 3 is 2.07 bits per heavy atom. The Morgan fingerprint density at radius 2 is 1.64 bits per heavy atom. The molecule has 0 bridgehead atoms. The molecule has 10 nitrogen and oxygen atoms in total. The van der Waals surface area contributed by atoms with Gasteiger partial charge in [-0.2, -0.15) is 8.42 Å². The van der Waals surface area contributed by atoms with Gasteiger partial charge in [0, 0.05) is 19.6 Å². The summed E-state index contributed by atoms with van der Waals surface area (Å²) in [4.78, 5) is 23.2. The quantitative estimate of drug-likeness (QED) is 0.334. The second-order valence-electron chi connectivity index (χ2n) is 8.12. The van der Waals surface area contributed by atoms with E-state index in [0.29, 0.717) is 0 Å². The Hall–Kier alpha value is -1.05. The largest absolute Gasteiger partial charge is 0.389 e. The highest BCUT2D eigenvalue weighted by Crippen LogP contribution is 2.26. The third kappa shape index (κ3) is 7.76. The van der Waals surface area contributed by atoms with Gasteiger partial charge in [-0.15, -0.1) is 0 Å². The van der Waals surface area contributed by atoms with Crippen molar-refractivity contribution in [2.24, 2.45) is 0 Å². The van der Waals surface area contributed by atoms with Gasteiger partial charge >= 0.3 is 0 Å². The SMILES string of the molecule is CC(=O)N[C@@H]1[C@H](OC(C)[Si](C)(C)C)O[C@H](COS(C)(=O)=O)[C@@H](NC(C)=O)[C@@H]1O. The van der Waals surface area contributed by atoms with Crippen LogP contribution >= 0.6 is 0 Å². The van der Waals surface area contributed by atoms with Crippen LogP contribution in [0.1, 0.15) is 20.8 Å². The number of amides is 2. The molecule has 1 unspecified atom stereocenters. The Kier molecular flexibility index (Phi) is 8.59. The molecule has 0 aliphatic carbocycles. The molecule has 12 heteroatoms. The normalized spacial score (nSPS) is 29.8. The molecule has 1 aliphatic heterocycles. The Balaban J connectivity index is 3.17. The molecule has 1 fully saturated rings. The lowest BCUT2D eigenvalue weighted by molar-refractivity contribution is -0.249. The van der Waals surface area contributed by atoms with Gasteiger partial charge in [-0.25, -0.2) is 0 Å². The lowest BCUT2D eigenvalue weighted by Crippen LogP contribution is -2.69. The van der Waals surface area contributed by atoms with E-state index < -0.39 is 67.2 Å². The number of ether oxygens (including phenoxy) is 2. The van der Waals surface area contributed by atoms with Crippen LogP contribution in [0.25, 0.3) is 0 Å². The van der Waals surface area contributed by atoms with Crippen molar-refractivity contribution in [3.05, 3.63) is 0 Å². The van der Waals surface area contributed by atoms with Gasteiger partial charge in [0.1, 0.15) is 18.2 Å². The highest BCUT2D eigenvalue weighted by Gasteiger charge is 2.48.